The molecule has 2 rings (SSSR count). The largest absolute Gasteiger partial charge is 0.452 e. The van der Waals surface area contributed by atoms with Crippen LogP contribution in [0.5, 0.6) is 0 Å². The van der Waals surface area contributed by atoms with Gasteiger partial charge in [0.2, 0.25) is 5.91 Å². The second kappa shape index (κ2) is 4.55. The number of carbonyl (C=O) groups is 2. The van der Waals surface area contributed by atoms with Crippen molar-refractivity contribution < 1.29 is 14.3 Å². The molecule has 1 aromatic carbocycles. The van der Waals surface area contributed by atoms with E-state index in [1.165, 1.54) is 7.11 Å². The number of methoxy groups -OCH3 is 1. The van der Waals surface area contributed by atoms with Crippen molar-refractivity contribution in [2.24, 2.45) is 5.73 Å². The minimum absolute atomic E-state index is 0.232. The number of fused-ring (bicyclic) bond motifs is 1. The third kappa shape index (κ3) is 2.01. The maximum absolute atomic E-state index is 11.7. The number of hydrogen-bond acceptors (Lipinski definition) is 4. The molecule has 0 unspecified atom stereocenters. The van der Waals surface area contributed by atoms with E-state index in [1.807, 2.05) is 12.1 Å². The van der Waals surface area contributed by atoms with Crippen LogP contribution in [0.2, 0.25) is 0 Å². The normalized spacial score (nSPS) is 14.5. The van der Waals surface area contributed by atoms with Gasteiger partial charge in [0.15, 0.2) is 0 Å². The molecule has 5 nitrogen and oxygen atoms in total. The summed E-state index contributed by atoms with van der Waals surface area (Å²) in [5, 5.41) is 0. The van der Waals surface area contributed by atoms with Crippen LogP contribution in [0.4, 0.5) is 10.5 Å². The van der Waals surface area contributed by atoms with Gasteiger partial charge in [-0.2, -0.15) is 0 Å². The lowest BCUT2D eigenvalue weighted by atomic mass is 9.99. The number of aryl methyl sites for hydroxylation is 1. The highest BCUT2D eigenvalue weighted by atomic mass is 16.5. The molecular formula is C12H14N2O3. The highest BCUT2D eigenvalue weighted by Gasteiger charge is 2.30. The van der Waals surface area contributed by atoms with Gasteiger partial charge in [-0.1, -0.05) is 12.1 Å². The topological polar surface area (TPSA) is 72.6 Å². The average molecular weight is 234 g/mol. The van der Waals surface area contributed by atoms with Gasteiger partial charge in [-0.05, 0) is 23.6 Å². The Balaban J connectivity index is 2.45. The number of benzene rings is 1. The van der Waals surface area contributed by atoms with Crippen molar-refractivity contribution in [3.63, 3.8) is 0 Å². The van der Waals surface area contributed by atoms with Crippen LogP contribution >= 0.6 is 0 Å². The van der Waals surface area contributed by atoms with E-state index in [-0.39, 0.29) is 5.91 Å². The van der Waals surface area contributed by atoms with Gasteiger partial charge < -0.3 is 10.5 Å². The van der Waals surface area contributed by atoms with Crippen molar-refractivity contribution in [2.75, 3.05) is 12.0 Å². The summed E-state index contributed by atoms with van der Waals surface area (Å²) < 4.78 is 4.61. The Morgan fingerprint density at radius 2 is 2.24 bits per heavy atom. The molecule has 0 fully saturated rings. The van der Waals surface area contributed by atoms with E-state index < -0.39 is 6.09 Å². The van der Waals surface area contributed by atoms with Crippen LogP contribution in [-0.4, -0.2) is 19.1 Å². The van der Waals surface area contributed by atoms with Gasteiger partial charge in [0, 0.05) is 13.0 Å². The van der Waals surface area contributed by atoms with Crippen LogP contribution in [-0.2, 0) is 22.5 Å². The molecule has 0 saturated carbocycles. The maximum atomic E-state index is 11.7. The fraction of sp³-hybridized carbons (Fsp3) is 0.333. The lowest BCUT2D eigenvalue weighted by Crippen LogP contribution is -2.40. The molecule has 1 aliphatic rings. The van der Waals surface area contributed by atoms with Crippen molar-refractivity contribution in [1.29, 1.82) is 0 Å². The van der Waals surface area contributed by atoms with Crippen molar-refractivity contribution >= 4 is 17.7 Å². The summed E-state index contributed by atoms with van der Waals surface area (Å²) >= 11 is 0. The second-order valence-corrected chi connectivity index (χ2v) is 3.87. The third-order valence-corrected chi connectivity index (χ3v) is 2.84. The van der Waals surface area contributed by atoms with E-state index in [0.717, 1.165) is 16.0 Å². The first kappa shape index (κ1) is 11.6. The molecule has 0 radical (unpaired) electrons. The molecule has 1 heterocycles. The van der Waals surface area contributed by atoms with E-state index >= 15 is 0 Å². The Bertz CT molecular complexity index is 471. The van der Waals surface area contributed by atoms with Gasteiger partial charge in [0.25, 0.3) is 0 Å². The molecule has 1 aliphatic heterocycles. The van der Waals surface area contributed by atoms with Crippen LogP contribution in [0.15, 0.2) is 18.2 Å². The number of carbonyl (C=O) groups excluding carboxylic acids is 2. The van der Waals surface area contributed by atoms with E-state index in [1.54, 1.807) is 6.07 Å². The number of anilines is 1. The zero-order chi connectivity index (χ0) is 12.4. The number of hydrogen-bond donors (Lipinski definition) is 1. The van der Waals surface area contributed by atoms with Crippen LogP contribution in [0.3, 0.4) is 0 Å². The molecule has 2 N–H and O–H groups in total. The number of imide groups is 1. The van der Waals surface area contributed by atoms with E-state index in [0.29, 0.717) is 25.1 Å². The second-order valence-electron chi connectivity index (χ2n) is 3.87. The van der Waals surface area contributed by atoms with Crippen molar-refractivity contribution in [2.45, 2.75) is 19.4 Å². The van der Waals surface area contributed by atoms with Gasteiger partial charge in [0.1, 0.15) is 0 Å². The molecule has 0 atom stereocenters. The molecule has 90 valence electrons. The predicted molar refractivity (Wildman–Crippen MR) is 62.5 cm³/mol. The van der Waals surface area contributed by atoms with Gasteiger partial charge in [-0.15, -0.1) is 0 Å². The van der Waals surface area contributed by atoms with Gasteiger partial charge in [0.05, 0.1) is 12.8 Å². The molecule has 5 heteroatoms. The Morgan fingerprint density at radius 3 is 2.88 bits per heavy atom. The highest BCUT2D eigenvalue weighted by molar-refractivity contribution is 6.13. The Hall–Kier alpha value is -1.88. The fourth-order valence-electron chi connectivity index (χ4n) is 1.96. The Kier molecular flexibility index (Phi) is 3.10. The number of nitrogens with zero attached hydrogens (tertiary/aromatic N) is 1. The number of rotatable bonds is 1. The van der Waals surface area contributed by atoms with Crippen molar-refractivity contribution in [1.82, 2.24) is 0 Å². The first-order valence-electron chi connectivity index (χ1n) is 5.40. The quantitative estimate of drug-likeness (QED) is 0.792. The highest BCUT2D eigenvalue weighted by Crippen LogP contribution is 2.29. The van der Waals surface area contributed by atoms with Gasteiger partial charge >= 0.3 is 6.09 Å². The molecule has 0 bridgehead atoms. The molecule has 0 aromatic heterocycles. The van der Waals surface area contributed by atoms with Crippen LogP contribution in [0.25, 0.3) is 0 Å². The number of nitrogens with two attached hydrogens (primary N) is 1. The molecule has 2 amide bonds. The summed E-state index contributed by atoms with van der Waals surface area (Å²) in [6.45, 7) is 0.444. The van der Waals surface area contributed by atoms with Gasteiger partial charge in [-0.3, -0.25) is 4.79 Å². The Morgan fingerprint density at radius 1 is 1.47 bits per heavy atom. The minimum atomic E-state index is -0.642. The number of amides is 2. The monoisotopic (exact) mass is 234 g/mol. The summed E-state index contributed by atoms with van der Waals surface area (Å²) in [5.74, 6) is -0.232. The zero-order valence-electron chi connectivity index (χ0n) is 9.60. The first-order valence-corrected chi connectivity index (χ1v) is 5.40. The fourth-order valence-corrected chi connectivity index (χ4v) is 1.96. The predicted octanol–water partition coefficient (Wildman–Crippen LogP) is 1.19. The maximum Gasteiger partial charge on any atom is 0.420 e. The summed E-state index contributed by atoms with van der Waals surface area (Å²) in [6, 6.07) is 5.48. The molecule has 0 spiro atoms. The van der Waals surface area contributed by atoms with Gasteiger partial charge in [-0.25, -0.2) is 9.69 Å². The number of ether oxygens (including phenoxy) is 1. The van der Waals surface area contributed by atoms with E-state index in [4.69, 9.17) is 5.73 Å². The molecule has 17 heavy (non-hydrogen) atoms. The minimum Gasteiger partial charge on any atom is -0.452 e. The summed E-state index contributed by atoms with van der Waals surface area (Å²) in [5.41, 5.74) is 8.11. The molecule has 0 aliphatic carbocycles. The van der Waals surface area contributed by atoms with E-state index in [9.17, 15) is 9.59 Å². The molecule has 0 saturated heterocycles. The lowest BCUT2D eigenvalue weighted by molar-refractivity contribution is -0.118. The third-order valence-electron chi connectivity index (χ3n) is 2.84. The van der Waals surface area contributed by atoms with Crippen LogP contribution < -0.4 is 10.6 Å². The van der Waals surface area contributed by atoms with Crippen LogP contribution in [0.1, 0.15) is 17.5 Å². The summed E-state index contributed by atoms with van der Waals surface area (Å²) in [6.07, 6.45) is 0.308. The average Bonchev–Trinajstić information content (AvgIpc) is 2.37. The summed E-state index contributed by atoms with van der Waals surface area (Å²) in [4.78, 5) is 24.3. The SMILES string of the molecule is COC(=O)N1C(=O)CCc2cc(CN)ccc21. The van der Waals surface area contributed by atoms with Crippen LogP contribution in [0, 0.1) is 0 Å². The van der Waals surface area contributed by atoms with E-state index in [2.05, 4.69) is 4.74 Å². The molecule has 1 aromatic rings. The lowest BCUT2D eigenvalue weighted by Gasteiger charge is -2.26. The summed E-state index contributed by atoms with van der Waals surface area (Å²) in [7, 11) is 1.26. The standard InChI is InChI=1S/C12H14N2O3/c1-17-12(16)14-10-4-2-8(7-13)6-9(10)3-5-11(14)15/h2,4,6H,3,5,7,13H2,1H3. The zero-order valence-corrected chi connectivity index (χ0v) is 9.60. The van der Waals surface area contributed by atoms with Crippen molar-refractivity contribution in [3.05, 3.63) is 29.3 Å². The molecular weight excluding hydrogens is 220 g/mol. The van der Waals surface area contributed by atoms with Crippen molar-refractivity contribution in [3.8, 4) is 0 Å². The first-order chi connectivity index (χ1) is 8.17. The smallest absolute Gasteiger partial charge is 0.420 e. The Labute approximate surface area is 99.2 Å².